The van der Waals surface area contributed by atoms with Crippen molar-refractivity contribution in [1.82, 2.24) is 0 Å². The molecule has 3 heteroatoms. The van der Waals surface area contributed by atoms with Crippen LogP contribution in [0.15, 0.2) is 42.5 Å². The van der Waals surface area contributed by atoms with Crippen LogP contribution in [0.3, 0.4) is 0 Å². The number of anilines is 2. The first kappa shape index (κ1) is 21.1. The van der Waals surface area contributed by atoms with Gasteiger partial charge in [-0.15, -0.1) is 0 Å². The maximum absolute atomic E-state index is 6.15. The van der Waals surface area contributed by atoms with Crippen molar-refractivity contribution in [2.24, 2.45) is 0 Å². The lowest BCUT2D eigenvalue weighted by Gasteiger charge is -2.10. The van der Waals surface area contributed by atoms with E-state index in [1.165, 1.54) is 69.8 Å². The molecule has 3 nitrogen and oxygen atoms in total. The Hall–Kier alpha value is -2.16. The molecule has 0 fully saturated rings. The van der Waals surface area contributed by atoms with Gasteiger partial charge in [0.2, 0.25) is 0 Å². The van der Waals surface area contributed by atoms with Gasteiger partial charge in [0.15, 0.2) is 0 Å². The summed E-state index contributed by atoms with van der Waals surface area (Å²) in [6.45, 7) is 2.27. The minimum absolute atomic E-state index is 0.737. The number of hydrogen-bond donors (Lipinski definition) is 2. The molecule has 0 aliphatic rings. The molecule has 0 unspecified atom stereocenters. The van der Waals surface area contributed by atoms with Crippen molar-refractivity contribution in [3.05, 3.63) is 48.0 Å². The fourth-order valence-electron chi connectivity index (χ4n) is 3.34. The molecule has 0 aliphatic heterocycles. The molecule has 2 aromatic carbocycles. The number of aryl methyl sites for hydroxylation is 1. The summed E-state index contributed by atoms with van der Waals surface area (Å²) in [5.41, 5.74) is 14.6. The third-order valence-corrected chi connectivity index (χ3v) is 5.03. The van der Waals surface area contributed by atoms with E-state index in [4.69, 9.17) is 16.2 Å². The second-order valence-electron chi connectivity index (χ2n) is 7.46. The number of unbranched alkanes of at least 4 members (excludes halogenated alkanes) is 9. The number of rotatable bonds is 13. The van der Waals surface area contributed by atoms with Gasteiger partial charge in [-0.3, -0.25) is 0 Å². The van der Waals surface area contributed by atoms with Crippen LogP contribution < -0.4 is 16.2 Å². The van der Waals surface area contributed by atoms with E-state index < -0.39 is 0 Å². The Morgan fingerprint density at radius 3 is 1.85 bits per heavy atom. The molecule has 148 valence electrons. The Labute approximate surface area is 165 Å². The van der Waals surface area contributed by atoms with Gasteiger partial charge >= 0.3 is 0 Å². The van der Waals surface area contributed by atoms with E-state index in [1.54, 1.807) is 0 Å². The quantitative estimate of drug-likeness (QED) is 0.292. The molecule has 0 atom stereocenters. The second-order valence-corrected chi connectivity index (χ2v) is 7.46. The molecule has 0 spiro atoms. The minimum atomic E-state index is 0.737. The Balaban J connectivity index is 1.68. The van der Waals surface area contributed by atoms with Gasteiger partial charge in [0.25, 0.3) is 0 Å². The summed E-state index contributed by atoms with van der Waals surface area (Å²) in [5, 5.41) is 0. The number of benzene rings is 2. The fraction of sp³-hybridized carbons (Fsp3) is 0.500. The zero-order chi connectivity index (χ0) is 19.3. The van der Waals surface area contributed by atoms with Crippen LogP contribution in [0.25, 0.3) is 0 Å². The summed E-state index contributed by atoms with van der Waals surface area (Å²) in [5.74, 6) is 1.62. The lowest BCUT2D eigenvalue weighted by molar-refractivity contribution is 0.482. The molecule has 0 amide bonds. The van der Waals surface area contributed by atoms with E-state index >= 15 is 0 Å². The third kappa shape index (κ3) is 8.38. The van der Waals surface area contributed by atoms with E-state index in [-0.39, 0.29) is 0 Å². The summed E-state index contributed by atoms with van der Waals surface area (Å²) in [7, 11) is 0. The maximum Gasteiger partial charge on any atom is 0.127 e. The van der Waals surface area contributed by atoms with Gasteiger partial charge in [-0.25, -0.2) is 0 Å². The van der Waals surface area contributed by atoms with Gasteiger partial charge in [-0.1, -0.05) is 64.7 Å². The van der Waals surface area contributed by atoms with Gasteiger partial charge in [0, 0.05) is 11.4 Å². The summed E-state index contributed by atoms with van der Waals surface area (Å²) in [6, 6.07) is 13.4. The largest absolute Gasteiger partial charge is 0.457 e. The number of nitrogen functional groups attached to an aromatic ring is 2. The maximum atomic E-state index is 6.15. The average molecular weight is 369 g/mol. The van der Waals surface area contributed by atoms with E-state index in [9.17, 15) is 0 Å². The van der Waals surface area contributed by atoms with E-state index in [0.717, 1.165) is 29.3 Å². The van der Waals surface area contributed by atoms with Crippen molar-refractivity contribution < 1.29 is 4.74 Å². The van der Waals surface area contributed by atoms with Gasteiger partial charge in [-0.2, -0.15) is 0 Å². The Morgan fingerprint density at radius 1 is 0.667 bits per heavy atom. The molecule has 0 aliphatic carbocycles. The Kier molecular flexibility index (Phi) is 9.61. The smallest absolute Gasteiger partial charge is 0.127 e. The van der Waals surface area contributed by atoms with Gasteiger partial charge < -0.3 is 16.2 Å². The average Bonchev–Trinajstić information content (AvgIpc) is 2.67. The highest BCUT2D eigenvalue weighted by atomic mass is 16.5. The van der Waals surface area contributed by atoms with E-state index in [2.05, 4.69) is 13.0 Å². The van der Waals surface area contributed by atoms with Gasteiger partial charge in [0.05, 0.1) is 0 Å². The van der Waals surface area contributed by atoms with Crippen LogP contribution in [0.2, 0.25) is 0 Å². The highest BCUT2D eigenvalue weighted by Crippen LogP contribution is 2.27. The van der Waals surface area contributed by atoms with Crippen LogP contribution >= 0.6 is 0 Å². The van der Waals surface area contributed by atoms with E-state index in [1.807, 2.05) is 36.4 Å². The molecule has 2 rings (SSSR count). The fourth-order valence-corrected chi connectivity index (χ4v) is 3.34. The second kappa shape index (κ2) is 12.3. The lowest BCUT2D eigenvalue weighted by Crippen LogP contribution is -1.96. The summed E-state index contributed by atoms with van der Waals surface area (Å²) in [6.07, 6.45) is 14.5. The third-order valence-electron chi connectivity index (χ3n) is 5.03. The predicted molar refractivity (Wildman–Crippen MR) is 117 cm³/mol. The zero-order valence-electron chi connectivity index (χ0n) is 16.9. The predicted octanol–water partition coefficient (Wildman–Crippen LogP) is 7.11. The SMILES string of the molecule is CCCCCCCCCCCCc1cc(Oc2ccc(N)cc2)ccc1N. The van der Waals surface area contributed by atoms with Crippen molar-refractivity contribution in [1.29, 1.82) is 0 Å². The molecule has 0 bridgehead atoms. The summed E-state index contributed by atoms with van der Waals surface area (Å²) >= 11 is 0. The van der Waals surface area contributed by atoms with Crippen LogP contribution in [-0.4, -0.2) is 0 Å². The van der Waals surface area contributed by atoms with Crippen LogP contribution in [0.5, 0.6) is 11.5 Å². The normalized spacial score (nSPS) is 10.9. The van der Waals surface area contributed by atoms with E-state index in [0.29, 0.717) is 0 Å². The highest BCUT2D eigenvalue weighted by molar-refractivity contribution is 5.51. The van der Waals surface area contributed by atoms with Crippen molar-refractivity contribution in [2.75, 3.05) is 11.5 Å². The number of ether oxygens (including phenoxy) is 1. The first-order chi connectivity index (χ1) is 13.2. The molecule has 0 heterocycles. The van der Waals surface area contributed by atoms with Crippen molar-refractivity contribution in [3.63, 3.8) is 0 Å². The minimum Gasteiger partial charge on any atom is -0.457 e. The summed E-state index contributed by atoms with van der Waals surface area (Å²) < 4.78 is 5.92. The number of nitrogens with two attached hydrogens (primary N) is 2. The zero-order valence-corrected chi connectivity index (χ0v) is 16.9. The van der Waals surface area contributed by atoms with Gasteiger partial charge in [0.1, 0.15) is 11.5 Å². The molecule has 4 N–H and O–H groups in total. The van der Waals surface area contributed by atoms with Crippen molar-refractivity contribution in [3.8, 4) is 11.5 Å². The van der Waals surface area contributed by atoms with Crippen LogP contribution in [0.4, 0.5) is 11.4 Å². The first-order valence-corrected chi connectivity index (χ1v) is 10.6. The van der Waals surface area contributed by atoms with Crippen molar-refractivity contribution in [2.45, 2.75) is 77.6 Å². The molecule has 0 saturated carbocycles. The molecule has 2 aromatic rings. The first-order valence-electron chi connectivity index (χ1n) is 10.6. The van der Waals surface area contributed by atoms with Crippen LogP contribution in [0, 0.1) is 0 Å². The Morgan fingerprint density at radius 2 is 1.22 bits per heavy atom. The van der Waals surface area contributed by atoms with Crippen LogP contribution in [0.1, 0.15) is 76.7 Å². The molecular formula is C24H36N2O. The lowest BCUT2D eigenvalue weighted by atomic mass is 10.0. The Bertz CT molecular complexity index is 652. The molecule has 0 radical (unpaired) electrons. The number of hydrogen-bond acceptors (Lipinski definition) is 3. The molecule has 0 saturated heterocycles. The van der Waals surface area contributed by atoms with Gasteiger partial charge in [-0.05, 0) is 60.9 Å². The molecule has 0 aromatic heterocycles. The summed E-state index contributed by atoms with van der Waals surface area (Å²) in [4.78, 5) is 0. The van der Waals surface area contributed by atoms with Crippen molar-refractivity contribution >= 4 is 11.4 Å². The molecular weight excluding hydrogens is 332 g/mol. The topological polar surface area (TPSA) is 61.3 Å². The standard InChI is InChI=1S/C24H36N2O/c1-2-3-4-5-6-7-8-9-10-11-12-20-19-23(17-18-24(20)26)27-22-15-13-21(25)14-16-22/h13-19H,2-12,25-26H2,1H3. The monoisotopic (exact) mass is 368 g/mol. The highest BCUT2D eigenvalue weighted by Gasteiger charge is 2.04. The van der Waals surface area contributed by atoms with Crippen LogP contribution in [-0.2, 0) is 6.42 Å². The molecule has 27 heavy (non-hydrogen) atoms.